The first-order valence-electron chi connectivity index (χ1n) is 7.44. The van der Waals surface area contributed by atoms with Crippen LogP contribution in [0.3, 0.4) is 0 Å². The lowest BCUT2D eigenvalue weighted by molar-refractivity contribution is 0.0577. The van der Waals surface area contributed by atoms with E-state index >= 15 is 0 Å². The van der Waals surface area contributed by atoms with Gasteiger partial charge in [0, 0.05) is 18.0 Å². The van der Waals surface area contributed by atoms with Gasteiger partial charge in [-0.2, -0.15) is 0 Å². The highest BCUT2D eigenvalue weighted by molar-refractivity contribution is 7.91. The molecule has 23 heavy (non-hydrogen) atoms. The molecule has 0 bridgehead atoms. The zero-order chi connectivity index (χ0) is 16.9. The molecule has 0 saturated carbocycles. The van der Waals surface area contributed by atoms with Gasteiger partial charge in [0.2, 0.25) is 0 Å². The number of hydrogen-bond acceptors (Lipinski definition) is 4. The number of likely N-dealkylation sites (N-methyl/N-ethyl adjacent to an activating group) is 1. The van der Waals surface area contributed by atoms with Gasteiger partial charge in [0.15, 0.2) is 9.84 Å². The van der Waals surface area contributed by atoms with Gasteiger partial charge >= 0.3 is 0 Å². The number of sulfone groups is 1. The van der Waals surface area contributed by atoms with E-state index in [0.717, 1.165) is 22.0 Å². The molecule has 0 radical (unpaired) electrons. The quantitative estimate of drug-likeness (QED) is 0.856. The van der Waals surface area contributed by atoms with Crippen LogP contribution in [0.5, 0.6) is 0 Å². The maximum atomic E-state index is 12.6. The molecule has 6 nitrogen and oxygen atoms in total. The summed E-state index contributed by atoms with van der Waals surface area (Å²) in [7, 11) is -1.77. The summed E-state index contributed by atoms with van der Waals surface area (Å²) < 4.78 is 23.3. The van der Waals surface area contributed by atoms with E-state index in [4.69, 9.17) is 0 Å². The Labute approximate surface area is 135 Å². The number of carbonyl (C=O) groups is 1. The van der Waals surface area contributed by atoms with Crippen molar-refractivity contribution in [3.05, 3.63) is 35.0 Å². The van der Waals surface area contributed by atoms with Crippen LogP contribution in [-0.2, 0) is 9.84 Å². The topological polar surface area (TPSA) is 90.5 Å². The molecule has 1 aromatic carbocycles. The molecule has 1 aliphatic heterocycles. The monoisotopic (exact) mass is 336 g/mol. The summed E-state index contributed by atoms with van der Waals surface area (Å²) in [6, 6.07) is 4.98. The molecule has 0 unspecified atom stereocenters. The van der Waals surface area contributed by atoms with Crippen LogP contribution >= 0.6 is 0 Å². The Morgan fingerprint density at radius 1 is 1.30 bits per heavy atom. The molecular formula is C16H20N2O4S. The summed E-state index contributed by atoms with van der Waals surface area (Å²) in [6.07, 6.45) is -1.04. The van der Waals surface area contributed by atoms with E-state index < -0.39 is 22.0 Å². The third-order valence-electron chi connectivity index (χ3n) is 4.69. The number of nitrogens with one attached hydrogen (secondary N) is 1. The van der Waals surface area contributed by atoms with Crippen molar-refractivity contribution >= 4 is 26.6 Å². The predicted molar refractivity (Wildman–Crippen MR) is 88.3 cm³/mol. The molecule has 1 saturated heterocycles. The molecule has 0 aliphatic carbocycles. The standard InChI is InChI=1S/C16H20N2O4S/c1-9-4-5-12-11(10(9)2)6-13(17-12)16(20)18(3)14-7-23(21,22)8-15(14)19/h4-6,14-15,17,19H,7-8H2,1-3H3/t14-,15-/m1/s1. The minimum absolute atomic E-state index is 0.200. The van der Waals surface area contributed by atoms with Crippen LogP contribution in [0.15, 0.2) is 18.2 Å². The largest absolute Gasteiger partial charge is 0.390 e. The van der Waals surface area contributed by atoms with Crippen molar-refractivity contribution in [1.29, 1.82) is 0 Å². The lowest BCUT2D eigenvalue weighted by Gasteiger charge is -2.25. The molecule has 1 aromatic heterocycles. The van der Waals surface area contributed by atoms with E-state index in [1.54, 1.807) is 6.07 Å². The summed E-state index contributed by atoms with van der Waals surface area (Å²) in [5, 5.41) is 10.9. The normalized spacial score (nSPS) is 23.3. The zero-order valence-corrected chi connectivity index (χ0v) is 14.1. The number of carbonyl (C=O) groups excluding carboxylic acids is 1. The third-order valence-corrected chi connectivity index (χ3v) is 6.38. The third kappa shape index (κ3) is 2.74. The van der Waals surface area contributed by atoms with Gasteiger partial charge in [-0.1, -0.05) is 6.07 Å². The fourth-order valence-electron chi connectivity index (χ4n) is 3.09. The van der Waals surface area contributed by atoms with Gasteiger partial charge in [0.05, 0.1) is 23.7 Å². The molecule has 124 valence electrons. The van der Waals surface area contributed by atoms with Gasteiger partial charge in [0.1, 0.15) is 5.69 Å². The molecule has 1 amide bonds. The first-order valence-corrected chi connectivity index (χ1v) is 9.26. The van der Waals surface area contributed by atoms with E-state index in [2.05, 4.69) is 4.98 Å². The molecular weight excluding hydrogens is 316 g/mol. The maximum Gasteiger partial charge on any atom is 0.270 e. The number of aliphatic hydroxyl groups is 1. The highest BCUT2D eigenvalue weighted by Crippen LogP contribution is 2.24. The number of rotatable bonds is 2. The average Bonchev–Trinajstić information content (AvgIpc) is 3.02. The molecule has 2 heterocycles. The molecule has 2 atom stereocenters. The van der Waals surface area contributed by atoms with Crippen molar-refractivity contribution in [3.63, 3.8) is 0 Å². The molecule has 2 aromatic rings. The number of amides is 1. The van der Waals surface area contributed by atoms with Crippen LogP contribution in [-0.4, -0.2) is 60.0 Å². The van der Waals surface area contributed by atoms with E-state index in [1.165, 1.54) is 11.9 Å². The smallest absolute Gasteiger partial charge is 0.270 e. The van der Waals surface area contributed by atoms with E-state index in [0.29, 0.717) is 5.69 Å². The Morgan fingerprint density at radius 3 is 2.61 bits per heavy atom. The van der Waals surface area contributed by atoms with Crippen LogP contribution in [0, 0.1) is 13.8 Å². The minimum Gasteiger partial charge on any atom is -0.390 e. The van der Waals surface area contributed by atoms with E-state index in [-0.39, 0.29) is 17.4 Å². The molecule has 1 fully saturated rings. The molecule has 0 spiro atoms. The van der Waals surface area contributed by atoms with Crippen molar-refractivity contribution in [2.45, 2.75) is 26.0 Å². The number of aromatic amines is 1. The summed E-state index contributed by atoms with van der Waals surface area (Å²) in [6.45, 7) is 4.01. The zero-order valence-electron chi connectivity index (χ0n) is 13.3. The van der Waals surface area contributed by atoms with Crippen LogP contribution < -0.4 is 0 Å². The number of aryl methyl sites for hydroxylation is 2. The highest BCUT2D eigenvalue weighted by atomic mass is 32.2. The lowest BCUT2D eigenvalue weighted by Crippen LogP contribution is -2.44. The number of fused-ring (bicyclic) bond motifs is 1. The predicted octanol–water partition coefficient (Wildman–Crippen LogP) is 1.01. The van der Waals surface area contributed by atoms with Crippen LogP contribution in [0.25, 0.3) is 10.9 Å². The first-order chi connectivity index (χ1) is 10.7. The fraction of sp³-hybridized carbons (Fsp3) is 0.438. The molecule has 7 heteroatoms. The Balaban J connectivity index is 1.93. The van der Waals surface area contributed by atoms with Crippen molar-refractivity contribution in [3.8, 4) is 0 Å². The summed E-state index contributed by atoms with van der Waals surface area (Å²) in [5.41, 5.74) is 3.50. The molecule has 1 aliphatic rings. The van der Waals surface area contributed by atoms with Gasteiger partial charge in [-0.05, 0) is 37.1 Å². The van der Waals surface area contributed by atoms with Crippen molar-refractivity contribution in [1.82, 2.24) is 9.88 Å². The van der Waals surface area contributed by atoms with Crippen LogP contribution in [0.2, 0.25) is 0 Å². The van der Waals surface area contributed by atoms with Crippen LogP contribution in [0.1, 0.15) is 21.6 Å². The van der Waals surface area contributed by atoms with Gasteiger partial charge in [-0.3, -0.25) is 4.79 Å². The Bertz CT molecular complexity index is 885. The van der Waals surface area contributed by atoms with Gasteiger partial charge in [0.25, 0.3) is 5.91 Å². The van der Waals surface area contributed by atoms with E-state index in [9.17, 15) is 18.3 Å². The Morgan fingerprint density at radius 2 is 2.00 bits per heavy atom. The SMILES string of the molecule is Cc1ccc2[nH]c(C(=O)N(C)[C@@H]3CS(=O)(=O)C[C@H]3O)cc2c1C. The molecule has 3 rings (SSSR count). The van der Waals surface area contributed by atoms with E-state index in [1.807, 2.05) is 26.0 Å². The number of benzene rings is 1. The number of hydrogen-bond donors (Lipinski definition) is 2. The average molecular weight is 336 g/mol. The van der Waals surface area contributed by atoms with Crippen molar-refractivity contribution in [2.75, 3.05) is 18.6 Å². The molecule has 2 N–H and O–H groups in total. The Kier molecular flexibility index (Phi) is 3.72. The summed E-state index contributed by atoms with van der Waals surface area (Å²) in [4.78, 5) is 17.0. The number of aromatic nitrogens is 1. The van der Waals surface area contributed by atoms with Crippen molar-refractivity contribution < 1.29 is 18.3 Å². The van der Waals surface area contributed by atoms with Gasteiger partial charge in [-0.25, -0.2) is 8.42 Å². The number of nitrogens with zero attached hydrogens (tertiary/aromatic N) is 1. The summed E-state index contributed by atoms with van der Waals surface area (Å²) in [5.74, 6) is -0.811. The van der Waals surface area contributed by atoms with Gasteiger partial charge in [-0.15, -0.1) is 0 Å². The first kappa shape index (κ1) is 16.0. The maximum absolute atomic E-state index is 12.6. The van der Waals surface area contributed by atoms with Crippen molar-refractivity contribution in [2.24, 2.45) is 0 Å². The minimum atomic E-state index is -3.30. The second-order valence-electron chi connectivity index (χ2n) is 6.28. The second kappa shape index (κ2) is 5.35. The second-order valence-corrected chi connectivity index (χ2v) is 8.43. The Hall–Kier alpha value is -1.86. The number of H-pyrrole nitrogens is 1. The lowest BCUT2D eigenvalue weighted by atomic mass is 10.1. The van der Waals surface area contributed by atoms with Crippen LogP contribution in [0.4, 0.5) is 0 Å². The fourth-order valence-corrected chi connectivity index (χ4v) is 4.94. The summed E-state index contributed by atoms with van der Waals surface area (Å²) >= 11 is 0. The highest BCUT2D eigenvalue weighted by Gasteiger charge is 2.40. The van der Waals surface area contributed by atoms with Gasteiger partial charge < -0.3 is 15.0 Å². The number of aliphatic hydroxyl groups excluding tert-OH is 1.